The highest BCUT2D eigenvalue weighted by molar-refractivity contribution is 9.09. The van der Waals surface area contributed by atoms with E-state index >= 15 is 0 Å². The first-order valence-electron chi connectivity index (χ1n) is 9.62. The quantitative estimate of drug-likeness (QED) is 0.544. The summed E-state index contributed by atoms with van der Waals surface area (Å²) in [5, 5.41) is 5.71. The van der Waals surface area contributed by atoms with Gasteiger partial charge in [-0.2, -0.15) is 5.10 Å². The van der Waals surface area contributed by atoms with Gasteiger partial charge in [-0.25, -0.2) is 14.6 Å². The fourth-order valence-corrected chi connectivity index (χ4v) is 3.57. The lowest BCUT2D eigenvalue weighted by atomic mass is 10.1. The highest BCUT2D eigenvalue weighted by Gasteiger charge is 2.16. The third-order valence-corrected chi connectivity index (χ3v) is 5.31. The first-order chi connectivity index (χ1) is 13.7. The minimum atomic E-state index is 0.731. The number of hydrogen-bond donors (Lipinski definition) is 0. The molecule has 1 aliphatic heterocycles. The lowest BCUT2D eigenvalue weighted by molar-refractivity contribution is 0.122. The number of rotatable bonds is 6. The molecule has 2 aromatic heterocycles. The van der Waals surface area contributed by atoms with Gasteiger partial charge in [0.25, 0.3) is 0 Å². The van der Waals surface area contributed by atoms with E-state index in [-0.39, 0.29) is 0 Å². The number of ether oxygens (including phenoxy) is 1. The zero-order valence-corrected chi connectivity index (χ0v) is 17.6. The molecule has 1 fully saturated rings. The van der Waals surface area contributed by atoms with Crippen LogP contribution < -0.4 is 4.90 Å². The summed E-state index contributed by atoms with van der Waals surface area (Å²) < 4.78 is 7.33. The fourth-order valence-electron chi connectivity index (χ4n) is 3.29. The van der Waals surface area contributed by atoms with Crippen LogP contribution in [0.2, 0.25) is 0 Å². The number of aryl methyl sites for hydroxylation is 2. The van der Waals surface area contributed by atoms with Crippen LogP contribution in [0.4, 0.5) is 5.82 Å². The summed E-state index contributed by atoms with van der Waals surface area (Å²) in [6.45, 7) is 5.25. The zero-order valence-electron chi connectivity index (χ0n) is 16.0. The molecule has 0 saturated carbocycles. The van der Waals surface area contributed by atoms with E-state index in [0.29, 0.717) is 0 Å². The van der Waals surface area contributed by atoms with Crippen LogP contribution in [0.15, 0.2) is 42.6 Å². The Morgan fingerprint density at radius 3 is 2.68 bits per heavy atom. The van der Waals surface area contributed by atoms with E-state index in [9.17, 15) is 0 Å². The second-order valence-corrected chi connectivity index (χ2v) is 7.70. The van der Waals surface area contributed by atoms with E-state index < -0.39 is 0 Å². The number of aromatic nitrogens is 4. The van der Waals surface area contributed by atoms with Crippen molar-refractivity contribution >= 4 is 21.7 Å². The van der Waals surface area contributed by atoms with Crippen molar-refractivity contribution in [3.63, 3.8) is 0 Å². The Morgan fingerprint density at radius 2 is 1.89 bits per heavy atom. The zero-order chi connectivity index (χ0) is 19.3. The molecule has 1 aromatic carbocycles. The monoisotopic (exact) mass is 441 g/mol. The van der Waals surface area contributed by atoms with E-state index in [1.807, 2.05) is 23.0 Å². The van der Waals surface area contributed by atoms with Gasteiger partial charge in [-0.1, -0.05) is 39.7 Å². The molecule has 4 rings (SSSR count). The molecule has 0 amide bonds. The largest absolute Gasteiger partial charge is 0.378 e. The summed E-state index contributed by atoms with van der Waals surface area (Å²) in [7, 11) is 0. The average molecular weight is 442 g/mol. The first kappa shape index (κ1) is 19.1. The van der Waals surface area contributed by atoms with Crippen molar-refractivity contribution in [2.75, 3.05) is 36.5 Å². The van der Waals surface area contributed by atoms with Gasteiger partial charge in [0, 0.05) is 42.7 Å². The second-order valence-electron chi connectivity index (χ2n) is 6.91. The minimum Gasteiger partial charge on any atom is -0.378 e. The van der Waals surface area contributed by atoms with E-state index in [2.05, 4.69) is 52.0 Å². The molecule has 0 aliphatic carbocycles. The van der Waals surface area contributed by atoms with Gasteiger partial charge in [0.05, 0.1) is 18.9 Å². The average Bonchev–Trinajstić information content (AvgIpc) is 3.23. The van der Waals surface area contributed by atoms with Crippen molar-refractivity contribution in [3.05, 3.63) is 54.0 Å². The fraction of sp³-hybridized carbons (Fsp3) is 0.381. The standard InChI is InChI=1S/C21H24BrN5O/c1-16-4-2-5-17(14-16)18-7-9-27(25-18)21-15-20(26-10-12-28-13-11-26)23-19(24-21)6-3-8-22/h2,4-5,7,9,14-15H,3,6,8,10-13H2,1H3. The number of hydrogen-bond acceptors (Lipinski definition) is 5. The van der Waals surface area contributed by atoms with Gasteiger partial charge in [-0.05, 0) is 25.5 Å². The molecule has 0 N–H and O–H groups in total. The number of nitrogens with zero attached hydrogens (tertiary/aromatic N) is 5. The van der Waals surface area contributed by atoms with Crippen molar-refractivity contribution in [1.82, 2.24) is 19.7 Å². The molecule has 0 atom stereocenters. The van der Waals surface area contributed by atoms with Gasteiger partial charge in [-0.3, -0.25) is 0 Å². The van der Waals surface area contributed by atoms with Crippen LogP contribution in [0.5, 0.6) is 0 Å². The Labute approximate surface area is 173 Å². The maximum atomic E-state index is 5.48. The molecular formula is C21H24BrN5O. The Kier molecular flexibility index (Phi) is 6.02. The third-order valence-electron chi connectivity index (χ3n) is 4.75. The maximum absolute atomic E-state index is 5.48. The Balaban J connectivity index is 1.67. The normalized spacial score (nSPS) is 14.4. The van der Waals surface area contributed by atoms with Crippen LogP contribution in [0.1, 0.15) is 17.8 Å². The molecule has 3 aromatic rings. The van der Waals surface area contributed by atoms with Gasteiger partial charge >= 0.3 is 0 Å². The van der Waals surface area contributed by atoms with Gasteiger partial charge < -0.3 is 9.64 Å². The van der Waals surface area contributed by atoms with Crippen molar-refractivity contribution in [2.24, 2.45) is 0 Å². The smallest absolute Gasteiger partial charge is 0.159 e. The maximum Gasteiger partial charge on any atom is 0.159 e. The van der Waals surface area contributed by atoms with Crippen molar-refractivity contribution in [2.45, 2.75) is 19.8 Å². The summed E-state index contributed by atoms with van der Waals surface area (Å²) in [5.41, 5.74) is 3.28. The molecule has 1 saturated heterocycles. The van der Waals surface area contributed by atoms with E-state index in [4.69, 9.17) is 19.8 Å². The van der Waals surface area contributed by atoms with Crippen molar-refractivity contribution in [3.8, 4) is 17.1 Å². The predicted molar refractivity (Wildman–Crippen MR) is 114 cm³/mol. The van der Waals surface area contributed by atoms with Crippen LogP contribution in [0.3, 0.4) is 0 Å². The molecule has 7 heteroatoms. The van der Waals surface area contributed by atoms with Crippen LogP contribution >= 0.6 is 15.9 Å². The van der Waals surface area contributed by atoms with Crippen LogP contribution in [-0.4, -0.2) is 51.4 Å². The van der Waals surface area contributed by atoms with Gasteiger partial charge in [0.2, 0.25) is 0 Å². The molecule has 0 spiro atoms. The highest BCUT2D eigenvalue weighted by atomic mass is 79.9. The number of anilines is 1. The molecule has 3 heterocycles. The van der Waals surface area contributed by atoms with E-state index in [1.54, 1.807) is 0 Å². The molecule has 0 radical (unpaired) electrons. The van der Waals surface area contributed by atoms with Gasteiger partial charge in [-0.15, -0.1) is 0 Å². The van der Waals surface area contributed by atoms with Gasteiger partial charge in [0.15, 0.2) is 5.82 Å². The predicted octanol–water partition coefficient (Wildman–Crippen LogP) is 3.80. The second kappa shape index (κ2) is 8.84. The lowest BCUT2D eigenvalue weighted by Gasteiger charge is -2.28. The summed E-state index contributed by atoms with van der Waals surface area (Å²) in [4.78, 5) is 11.8. The summed E-state index contributed by atoms with van der Waals surface area (Å²) in [6, 6.07) is 12.4. The SMILES string of the molecule is Cc1cccc(-c2ccn(-c3cc(N4CCOCC4)nc(CCCBr)n3)n2)c1. The summed E-state index contributed by atoms with van der Waals surface area (Å²) in [6.07, 6.45) is 3.81. The molecular weight excluding hydrogens is 418 g/mol. The molecule has 146 valence electrons. The number of halogens is 1. The Morgan fingerprint density at radius 1 is 1.07 bits per heavy atom. The third kappa shape index (κ3) is 4.42. The molecule has 1 aliphatic rings. The van der Waals surface area contributed by atoms with Crippen LogP contribution in [0, 0.1) is 6.92 Å². The van der Waals surface area contributed by atoms with Crippen molar-refractivity contribution < 1.29 is 4.74 Å². The minimum absolute atomic E-state index is 0.731. The van der Waals surface area contributed by atoms with Crippen molar-refractivity contribution in [1.29, 1.82) is 0 Å². The lowest BCUT2D eigenvalue weighted by Crippen LogP contribution is -2.37. The first-order valence-corrected chi connectivity index (χ1v) is 10.7. The number of benzene rings is 1. The Hall–Kier alpha value is -2.25. The topological polar surface area (TPSA) is 56.1 Å². The summed E-state index contributed by atoms with van der Waals surface area (Å²) in [5.74, 6) is 2.61. The highest BCUT2D eigenvalue weighted by Crippen LogP contribution is 2.21. The molecule has 6 nitrogen and oxygen atoms in total. The molecule has 0 bridgehead atoms. The van der Waals surface area contributed by atoms with E-state index in [0.717, 1.165) is 73.2 Å². The molecule has 28 heavy (non-hydrogen) atoms. The Bertz CT molecular complexity index is 936. The van der Waals surface area contributed by atoms with Crippen LogP contribution in [-0.2, 0) is 11.2 Å². The van der Waals surface area contributed by atoms with Crippen LogP contribution in [0.25, 0.3) is 17.1 Å². The van der Waals surface area contributed by atoms with Gasteiger partial charge in [0.1, 0.15) is 11.6 Å². The number of morpholine rings is 1. The van der Waals surface area contributed by atoms with E-state index in [1.165, 1.54) is 5.56 Å². The molecule has 0 unspecified atom stereocenters. The number of alkyl halides is 1. The summed E-state index contributed by atoms with van der Waals surface area (Å²) >= 11 is 3.50.